The molecule has 0 radical (unpaired) electrons. The van der Waals surface area contributed by atoms with E-state index in [0.717, 1.165) is 0 Å². The van der Waals surface area contributed by atoms with Crippen LogP contribution >= 0.6 is 0 Å². The average molecular weight is 387 g/mol. The van der Waals surface area contributed by atoms with Gasteiger partial charge in [-0.3, -0.25) is 4.79 Å². The molecule has 0 bridgehead atoms. The van der Waals surface area contributed by atoms with Gasteiger partial charge in [0.1, 0.15) is 11.4 Å². The number of para-hydroxylation sites is 1. The summed E-state index contributed by atoms with van der Waals surface area (Å²) in [6.07, 6.45) is 1.46. The first kappa shape index (κ1) is 17.1. The number of hydrogen-bond acceptors (Lipinski definition) is 8. The van der Waals surface area contributed by atoms with Crippen LogP contribution in [0.2, 0.25) is 0 Å². The smallest absolute Gasteiger partial charge is 0.248 e. The summed E-state index contributed by atoms with van der Waals surface area (Å²) in [4.78, 5) is 17.9. The number of sulfonamides is 1. The summed E-state index contributed by atoms with van der Waals surface area (Å²) in [5.41, 5.74) is 0.986. The largest absolute Gasteiger partial charge is 0.356 e. The van der Waals surface area contributed by atoms with Crippen LogP contribution in [0, 0.1) is 0 Å². The summed E-state index contributed by atoms with van der Waals surface area (Å²) in [5, 5.41) is 8.19. The molecule has 3 heterocycles. The molecule has 1 aromatic carbocycles. The molecule has 0 aliphatic carbocycles. The average Bonchev–Trinajstić information content (AvgIpc) is 3.28. The quantitative estimate of drug-likeness (QED) is 0.502. The molecule has 4 rings (SSSR count). The van der Waals surface area contributed by atoms with Gasteiger partial charge in [0.2, 0.25) is 27.3 Å². The Morgan fingerprint density at radius 1 is 1.11 bits per heavy atom. The third-order valence-electron chi connectivity index (χ3n) is 3.72. The zero-order valence-corrected chi connectivity index (χ0v) is 14.6. The monoisotopic (exact) mass is 387 g/mol. The second-order valence-electron chi connectivity index (χ2n) is 5.66. The fourth-order valence-electron chi connectivity index (χ4n) is 2.47. The van der Waals surface area contributed by atoms with E-state index >= 15 is 0 Å². The summed E-state index contributed by atoms with van der Waals surface area (Å²) < 4.78 is 37.1. The van der Waals surface area contributed by atoms with Gasteiger partial charge in [-0.1, -0.05) is 22.4 Å². The first-order chi connectivity index (χ1) is 13.0. The molecule has 10 nitrogen and oxygen atoms in total. The van der Waals surface area contributed by atoms with Crippen molar-refractivity contribution in [3.05, 3.63) is 64.5 Å². The van der Waals surface area contributed by atoms with Crippen LogP contribution in [0.4, 0.5) is 0 Å². The second kappa shape index (κ2) is 6.78. The molecule has 0 aliphatic heterocycles. The van der Waals surface area contributed by atoms with Crippen LogP contribution in [0.25, 0.3) is 22.4 Å². The van der Waals surface area contributed by atoms with E-state index in [-0.39, 0.29) is 29.6 Å². The van der Waals surface area contributed by atoms with Crippen molar-refractivity contribution in [2.45, 2.75) is 12.3 Å². The summed E-state index contributed by atoms with van der Waals surface area (Å²) in [6, 6.07) is 9.92. The Bertz CT molecular complexity index is 1260. The van der Waals surface area contributed by atoms with Crippen LogP contribution in [0.3, 0.4) is 0 Å². The molecule has 0 fully saturated rings. The number of nitrogens with one attached hydrogen (secondary N) is 2. The van der Waals surface area contributed by atoms with Gasteiger partial charge in [0.05, 0.1) is 6.54 Å². The Labute approximate surface area is 152 Å². The van der Waals surface area contributed by atoms with E-state index in [1.165, 1.54) is 12.3 Å². The van der Waals surface area contributed by atoms with Crippen molar-refractivity contribution in [2.75, 3.05) is 0 Å². The van der Waals surface area contributed by atoms with Crippen LogP contribution in [0.1, 0.15) is 11.6 Å². The van der Waals surface area contributed by atoms with Crippen molar-refractivity contribution in [2.24, 2.45) is 0 Å². The van der Waals surface area contributed by atoms with Gasteiger partial charge in [0.15, 0.2) is 5.58 Å². The lowest BCUT2D eigenvalue weighted by Crippen LogP contribution is -2.25. The van der Waals surface area contributed by atoms with Gasteiger partial charge in [-0.25, -0.2) is 13.1 Å². The van der Waals surface area contributed by atoms with Gasteiger partial charge >= 0.3 is 0 Å². The molecule has 0 unspecified atom stereocenters. The Morgan fingerprint density at radius 2 is 1.96 bits per heavy atom. The van der Waals surface area contributed by atoms with E-state index in [1.807, 2.05) is 0 Å². The lowest BCUT2D eigenvalue weighted by atomic mass is 10.2. The minimum atomic E-state index is -3.71. The molecule has 0 aliphatic rings. The maximum Gasteiger partial charge on any atom is 0.248 e. The maximum absolute atomic E-state index is 12.3. The lowest BCUT2D eigenvalue weighted by Gasteiger charge is -2.02. The molecule has 0 amide bonds. The minimum Gasteiger partial charge on any atom is -0.356 e. The van der Waals surface area contributed by atoms with Crippen LogP contribution in [-0.2, 0) is 22.3 Å². The molecule has 0 saturated carbocycles. The molecule has 0 spiro atoms. The maximum atomic E-state index is 12.3. The van der Waals surface area contributed by atoms with Crippen molar-refractivity contribution in [3.8, 4) is 11.4 Å². The van der Waals surface area contributed by atoms with Gasteiger partial charge in [-0.15, -0.1) is 0 Å². The van der Waals surface area contributed by atoms with E-state index in [9.17, 15) is 13.2 Å². The molecule has 138 valence electrons. The second-order valence-corrected chi connectivity index (χ2v) is 7.47. The van der Waals surface area contributed by atoms with Crippen molar-refractivity contribution in [1.82, 2.24) is 25.0 Å². The fourth-order valence-corrected chi connectivity index (χ4v) is 3.49. The number of pyridine rings is 1. The highest BCUT2D eigenvalue weighted by Crippen LogP contribution is 2.19. The minimum absolute atomic E-state index is 0.0684. The zero-order chi connectivity index (χ0) is 18.9. The molecule has 3 aromatic heterocycles. The highest BCUT2D eigenvalue weighted by molar-refractivity contribution is 7.88. The molecular weight excluding hydrogens is 374 g/mol. The van der Waals surface area contributed by atoms with Crippen LogP contribution in [0.15, 0.2) is 56.4 Å². The lowest BCUT2D eigenvalue weighted by molar-refractivity contribution is 0.376. The third-order valence-corrected chi connectivity index (χ3v) is 4.96. The molecule has 4 aromatic rings. The van der Waals surface area contributed by atoms with Crippen molar-refractivity contribution >= 4 is 21.0 Å². The highest BCUT2D eigenvalue weighted by atomic mass is 32.2. The van der Waals surface area contributed by atoms with Crippen molar-refractivity contribution < 1.29 is 17.5 Å². The first-order valence-corrected chi connectivity index (χ1v) is 9.48. The van der Waals surface area contributed by atoms with E-state index in [0.29, 0.717) is 22.2 Å². The van der Waals surface area contributed by atoms with E-state index in [4.69, 9.17) is 9.05 Å². The van der Waals surface area contributed by atoms with E-state index in [1.54, 1.807) is 30.3 Å². The predicted molar refractivity (Wildman–Crippen MR) is 93.8 cm³/mol. The van der Waals surface area contributed by atoms with Gasteiger partial charge in [-0.2, -0.15) is 4.98 Å². The van der Waals surface area contributed by atoms with E-state index < -0.39 is 10.0 Å². The molecule has 0 saturated heterocycles. The summed E-state index contributed by atoms with van der Waals surface area (Å²) >= 11 is 0. The Balaban J connectivity index is 1.46. The zero-order valence-electron chi connectivity index (χ0n) is 13.7. The molecule has 2 N–H and O–H groups in total. The number of aromatic nitrogens is 4. The summed E-state index contributed by atoms with van der Waals surface area (Å²) in [7, 11) is -3.71. The van der Waals surface area contributed by atoms with Crippen molar-refractivity contribution in [1.29, 1.82) is 0 Å². The van der Waals surface area contributed by atoms with E-state index in [2.05, 4.69) is 25.0 Å². The number of nitrogens with zero attached hydrogens (tertiary/aromatic N) is 3. The fraction of sp³-hybridized carbons (Fsp3) is 0.125. The van der Waals surface area contributed by atoms with Crippen LogP contribution < -0.4 is 10.3 Å². The van der Waals surface area contributed by atoms with Gasteiger partial charge in [-0.05, 0) is 18.2 Å². The Kier molecular flexibility index (Phi) is 4.30. The first-order valence-electron chi connectivity index (χ1n) is 7.82. The normalized spacial score (nSPS) is 11.9. The molecule has 11 heteroatoms. The van der Waals surface area contributed by atoms with Crippen LogP contribution in [0.5, 0.6) is 0 Å². The summed E-state index contributed by atoms with van der Waals surface area (Å²) in [6.45, 7) is -0.186. The van der Waals surface area contributed by atoms with Gasteiger partial charge < -0.3 is 14.0 Å². The molecular formula is C16H13N5O5S. The van der Waals surface area contributed by atoms with Crippen molar-refractivity contribution in [3.63, 3.8) is 0 Å². The third kappa shape index (κ3) is 3.78. The topological polar surface area (TPSA) is 144 Å². The molecule has 0 atom stereocenters. The highest BCUT2D eigenvalue weighted by Gasteiger charge is 2.19. The summed E-state index contributed by atoms with van der Waals surface area (Å²) in [5.74, 6) is -0.0873. The van der Waals surface area contributed by atoms with Gasteiger partial charge in [0.25, 0.3) is 0 Å². The predicted octanol–water partition coefficient (Wildman–Crippen LogP) is 1.19. The van der Waals surface area contributed by atoms with Crippen LogP contribution in [-0.4, -0.2) is 28.7 Å². The molecule has 27 heavy (non-hydrogen) atoms. The standard InChI is InChI=1S/C16H13N5O5S/c22-14-7-10(5-6-17-14)16-19-15(26-21-16)8-18-27(23,24)9-12-11-3-1-2-4-13(11)25-20-12/h1-7,18H,8-9H2,(H,17,22). The number of benzene rings is 1. The Morgan fingerprint density at radius 3 is 2.81 bits per heavy atom. The number of hydrogen-bond donors (Lipinski definition) is 2. The number of H-pyrrole nitrogens is 1. The van der Waals surface area contributed by atoms with Gasteiger partial charge in [0, 0.05) is 23.2 Å². The number of fused-ring (bicyclic) bond motifs is 1. The number of aromatic amines is 1. The number of rotatable bonds is 6. The SMILES string of the molecule is O=c1cc(-c2noc(CNS(=O)(=O)Cc3noc4ccccc34)n2)cc[nH]1. The Hall–Kier alpha value is -3.31.